The second kappa shape index (κ2) is 4.91. The lowest BCUT2D eigenvalue weighted by Crippen LogP contribution is -1.94. The number of nitrogens with zero attached hydrogens (tertiary/aromatic N) is 1. The summed E-state index contributed by atoms with van der Waals surface area (Å²) in [7, 11) is 0. The van der Waals surface area contributed by atoms with Crippen LogP contribution in [0.15, 0.2) is 31.0 Å². The summed E-state index contributed by atoms with van der Waals surface area (Å²) in [4.78, 5) is 4.07. The molecule has 0 unspecified atom stereocenters. The Kier molecular flexibility index (Phi) is 3.77. The SMILES string of the molecule is C=CCOCc1cc(Cl)ccn1. The Morgan fingerprint density at radius 2 is 2.50 bits per heavy atom. The number of halogens is 1. The molecule has 12 heavy (non-hydrogen) atoms. The Balaban J connectivity index is 2.46. The normalized spacial score (nSPS) is 9.75. The molecule has 1 rings (SSSR count). The number of ether oxygens (including phenoxy) is 1. The molecular formula is C9H10ClNO. The van der Waals surface area contributed by atoms with Crippen LogP contribution < -0.4 is 0 Å². The van der Waals surface area contributed by atoms with Gasteiger partial charge >= 0.3 is 0 Å². The molecule has 2 nitrogen and oxygen atoms in total. The fourth-order valence-electron chi connectivity index (χ4n) is 0.775. The summed E-state index contributed by atoms with van der Waals surface area (Å²) in [6.45, 7) is 4.55. The Hall–Kier alpha value is -0.860. The van der Waals surface area contributed by atoms with Gasteiger partial charge in [0.25, 0.3) is 0 Å². The number of hydrogen-bond acceptors (Lipinski definition) is 2. The van der Waals surface area contributed by atoms with Crippen LogP contribution in [0.25, 0.3) is 0 Å². The first-order valence-corrected chi connectivity index (χ1v) is 4.00. The molecular weight excluding hydrogens is 174 g/mol. The van der Waals surface area contributed by atoms with Gasteiger partial charge in [0.1, 0.15) is 0 Å². The van der Waals surface area contributed by atoms with Crippen LogP contribution in [-0.4, -0.2) is 11.6 Å². The fraction of sp³-hybridized carbons (Fsp3) is 0.222. The second-order valence-corrected chi connectivity index (χ2v) is 2.71. The Morgan fingerprint density at radius 1 is 1.67 bits per heavy atom. The summed E-state index contributed by atoms with van der Waals surface area (Å²) < 4.78 is 5.18. The Morgan fingerprint density at radius 3 is 3.17 bits per heavy atom. The molecule has 0 radical (unpaired) electrons. The zero-order chi connectivity index (χ0) is 8.81. The summed E-state index contributed by atoms with van der Waals surface area (Å²) in [5.74, 6) is 0. The van der Waals surface area contributed by atoms with E-state index in [1.807, 2.05) is 0 Å². The predicted octanol–water partition coefficient (Wildman–Crippen LogP) is 2.44. The van der Waals surface area contributed by atoms with Crippen molar-refractivity contribution in [2.45, 2.75) is 6.61 Å². The largest absolute Gasteiger partial charge is 0.371 e. The van der Waals surface area contributed by atoms with Gasteiger partial charge in [-0.05, 0) is 12.1 Å². The van der Waals surface area contributed by atoms with E-state index in [0.717, 1.165) is 5.69 Å². The molecule has 64 valence electrons. The summed E-state index contributed by atoms with van der Waals surface area (Å²) in [6, 6.07) is 3.52. The van der Waals surface area contributed by atoms with E-state index in [1.54, 1.807) is 24.4 Å². The molecule has 3 heteroatoms. The lowest BCUT2D eigenvalue weighted by Gasteiger charge is -2.00. The number of hydrogen-bond donors (Lipinski definition) is 0. The number of pyridine rings is 1. The lowest BCUT2D eigenvalue weighted by atomic mass is 10.4. The van der Waals surface area contributed by atoms with E-state index >= 15 is 0 Å². The maximum atomic E-state index is 5.74. The molecule has 1 aromatic heterocycles. The van der Waals surface area contributed by atoms with Gasteiger partial charge in [-0.25, -0.2) is 0 Å². The molecule has 0 saturated carbocycles. The number of aromatic nitrogens is 1. The van der Waals surface area contributed by atoms with Crippen LogP contribution in [0.1, 0.15) is 5.69 Å². The highest BCUT2D eigenvalue weighted by atomic mass is 35.5. The monoisotopic (exact) mass is 183 g/mol. The minimum absolute atomic E-state index is 0.479. The van der Waals surface area contributed by atoms with Crippen molar-refractivity contribution in [1.82, 2.24) is 4.98 Å². The van der Waals surface area contributed by atoms with E-state index in [2.05, 4.69) is 11.6 Å². The van der Waals surface area contributed by atoms with Gasteiger partial charge in [0, 0.05) is 11.2 Å². The third-order valence-corrected chi connectivity index (χ3v) is 1.50. The molecule has 0 aromatic carbocycles. The van der Waals surface area contributed by atoms with E-state index in [9.17, 15) is 0 Å². The van der Waals surface area contributed by atoms with Crippen LogP contribution in [0.5, 0.6) is 0 Å². The number of rotatable bonds is 4. The van der Waals surface area contributed by atoms with E-state index in [1.165, 1.54) is 0 Å². The maximum absolute atomic E-state index is 5.74. The highest BCUT2D eigenvalue weighted by Crippen LogP contribution is 2.08. The van der Waals surface area contributed by atoms with Crippen molar-refractivity contribution in [2.24, 2.45) is 0 Å². The minimum Gasteiger partial charge on any atom is -0.371 e. The maximum Gasteiger partial charge on any atom is 0.0892 e. The quantitative estimate of drug-likeness (QED) is 0.529. The average molecular weight is 184 g/mol. The van der Waals surface area contributed by atoms with Crippen molar-refractivity contribution in [3.8, 4) is 0 Å². The third kappa shape index (κ3) is 3.03. The molecule has 0 saturated heterocycles. The van der Waals surface area contributed by atoms with Crippen molar-refractivity contribution >= 4 is 11.6 Å². The Bertz CT molecular complexity index is 262. The molecule has 0 fully saturated rings. The Labute approximate surface area is 76.8 Å². The highest BCUT2D eigenvalue weighted by molar-refractivity contribution is 6.30. The molecule has 0 aliphatic carbocycles. The molecule has 1 aromatic rings. The van der Waals surface area contributed by atoms with Crippen molar-refractivity contribution in [2.75, 3.05) is 6.61 Å². The zero-order valence-corrected chi connectivity index (χ0v) is 7.42. The highest BCUT2D eigenvalue weighted by Gasteiger charge is 1.94. The first-order chi connectivity index (χ1) is 5.83. The molecule has 0 aliphatic heterocycles. The van der Waals surface area contributed by atoms with Gasteiger partial charge in [-0.2, -0.15) is 0 Å². The van der Waals surface area contributed by atoms with Gasteiger partial charge in [-0.15, -0.1) is 6.58 Å². The van der Waals surface area contributed by atoms with Gasteiger partial charge in [0.2, 0.25) is 0 Å². The molecule has 1 heterocycles. The van der Waals surface area contributed by atoms with Gasteiger partial charge in [0.05, 0.1) is 18.9 Å². The smallest absolute Gasteiger partial charge is 0.0892 e. The minimum atomic E-state index is 0.479. The van der Waals surface area contributed by atoms with Gasteiger partial charge in [-0.3, -0.25) is 4.98 Å². The molecule has 0 spiro atoms. The van der Waals surface area contributed by atoms with Crippen molar-refractivity contribution in [3.05, 3.63) is 41.7 Å². The standard InChI is InChI=1S/C9H10ClNO/c1-2-5-12-7-9-6-8(10)3-4-11-9/h2-4,6H,1,5,7H2. The predicted molar refractivity (Wildman–Crippen MR) is 49.1 cm³/mol. The molecule has 0 N–H and O–H groups in total. The average Bonchev–Trinajstić information content (AvgIpc) is 2.05. The lowest BCUT2D eigenvalue weighted by molar-refractivity contribution is 0.146. The van der Waals surface area contributed by atoms with Gasteiger partial charge in [0.15, 0.2) is 0 Å². The van der Waals surface area contributed by atoms with Crippen LogP contribution >= 0.6 is 11.6 Å². The van der Waals surface area contributed by atoms with E-state index in [4.69, 9.17) is 16.3 Å². The van der Waals surface area contributed by atoms with Crippen LogP contribution in [0.2, 0.25) is 5.02 Å². The first kappa shape index (κ1) is 9.23. The van der Waals surface area contributed by atoms with E-state index < -0.39 is 0 Å². The van der Waals surface area contributed by atoms with Crippen molar-refractivity contribution in [3.63, 3.8) is 0 Å². The van der Waals surface area contributed by atoms with Crippen LogP contribution in [-0.2, 0) is 11.3 Å². The van der Waals surface area contributed by atoms with Crippen LogP contribution in [0.4, 0.5) is 0 Å². The van der Waals surface area contributed by atoms with E-state index in [0.29, 0.717) is 18.2 Å². The second-order valence-electron chi connectivity index (χ2n) is 2.27. The van der Waals surface area contributed by atoms with Gasteiger partial charge < -0.3 is 4.74 Å². The van der Waals surface area contributed by atoms with Crippen LogP contribution in [0, 0.1) is 0 Å². The molecule has 0 bridgehead atoms. The summed E-state index contributed by atoms with van der Waals surface area (Å²) in [5.41, 5.74) is 0.837. The molecule has 0 amide bonds. The van der Waals surface area contributed by atoms with Crippen LogP contribution in [0.3, 0.4) is 0 Å². The fourth-order valence-corrected chi connectivity index (χ4v) is 0.957. The van der Waals surface area contributed by atoms with E-state index in [-0.39, 0.29) is 0 Å². The molecule has 0 atom stereocenters. The summed E-state index contributed by atoms with van der Waals surface area (Å²) in [6.07, 6.45) is 3.36. The molecule has 0 aliphatic rings. The summed E-state index contributed by atoms with van der Waals surface area (Å²) in [5, 5.41) is 0.683. The van der Waals surface area contributed by atoms with Crippen molar-refractivity contribution < 1.29 is 4.74 Å². The first-order valence-electron chi connectivity index (χ1n) is 3.62. The topological polar surface area (TPSA) is 22.1 Å². The van der Waals surface area contributed by atoms with Crippen molar-refractivity contribution in [1.29, 1.82) is 0 Å². The van der Waals surface area contributed by atoms with Gasteiger partial charge in [-0.1, -0.05) is 17.7 Å². The summed E-state index contributed by atoms with van der Waals surface area (Å²) >= 11 is 5.74. The zero-order valence-electron chi connectivity index (χ0n) is 6.66. The third-order valence-electron chi connectivity index (χ3n) is 1.26.